The number of carbonyl (C=O) groups excluding carboxylic acids is 1. The molecule has 0 aliphatic heterocycles. The van der Waals surface area contributed by atoms with E-state index in [2.05, 4.69) is 0 Å². The van der Waals surface area contributed by atoms with Gasteiger partial charge in [0.15, 0.2) is 0 Å². The summed E-state index contributed by atoms with van der Waals surface area (Å²) < 4.78 is 11.9. The number of methoxy groups -OCH3 is 2. The zero-order chi connectivity index (χ0) is 14.0. The van der Waals surface area contributed by atoms with Crippen molar-refractivity contribution in [3.05, 3.63) is 29.5 Å². The van der Waals surface area contributed by atoms with E-state index in [1.165, 1.54) is 7.11 Å². The fraction of sp³-hybridized carbons (Fsp3) is 0.357. The van der Waals surface area contributed by atoms with Gasteiger partial charge in [-0.2, -0.15) is 0 Å². The molecule has 5 heteroatoms. The predicted octanol–water partition coefficient (Wildman–Crippen LogP) is 2.09. The van der Waals surface area contributed by atoms with Gasteiger partial charge in [0.1, 0.15) is 5.75 Å². The van der Waals surface area contributed by atoms with Crippen LogP contribution in [0.25, 0.3) is 10.9 Å². The molecule has 0 saturated heterocycles. The van der Waals surface area contributed by atoms with Gasteiger partial charge in [-0.1, -0.05) is 0 Å². The number of carbonyl (C=O) groups is 1. The summed E-state index contributed by atoms with van der Waals surface area (Å²) in [6.07, 6.45) is 0. The quantitative estimate of drug-likeness (QED) is 0.858. The molecule has 2 aromatic rings. The Kier molecular flexibility index (Phi) is 3.76. The highest BCUT2D eigenvalue weighted by molar-refractivity contribution is 6.06. The van der Waals surface area contributed by atoms with E-state index in [1.54, 1.807) is 25.3 Å². The molecule has 0 bridgehead atoms. The van der Waals surface area contributed by atoms with E-state index < -0.39 is 5.97 Å². The zero-order valence-electron chi connectivity index (χ0n) is 11.3. The van der Waals surface area contributed by atoms with Crippen molar-refractivity contribution >= 4 is 16.9 Å². The van der Waals surface area contributed by atoms with Gasteiger partial charge in [-0.3, -0.25) is 0 Å². The van der Waals surface area contributed by atoms with Crippen LogP contribution in [0.15, 0.2) is 18.2 Å². The standard InChI is InChI=1S/C14H17NO4/c1-9-13(14(17)19-3)11-8-10(16)4-5-12(11)15(9)6-7-18-2/h4-5,8,16H,6-7H2,1-3H3. The Labute approximate surface area is 111 Å². The first-order chi connectivity index (χ1) is 9.10. The van der Waals surface area contributed by atoms with Gasteiger partial charge in [-0.15, -0.1) is 0 Å². The van der Waals surface area contributed by atoms with Crippen molar-refractivity contribution < 1.29 is 19.4 Å². The molecule has 0 atom stereocenters. The monoisotopic (exact) mass is 263 g/mol. The molecule has 19 heavy (non-hydrogen) atoms. The van der Waals surface area contributed by atoms with E-state index in [9.17, 15) is 9.90 Å². The van der Waals surface area contributed by atoms with Crippen molar-refractivity contribution in [2.45, 2.75) is 13.5 Å². The number of phenolic OH excluding ortho intramolecular Hbond substituents is 1. The Morgan fingerprint density at radius 3 is 2.74 bits per heavy atom. The van der Waals surface area contributed by atoms with E-state index in [0.29, 0.717) is 24.1 Å². The van der Waals surface area contributed by atoms with E-state index in [-0.39, 0.29) is 5.75 Å². The summed E-state index contributed by atoms with van der Waals surface area (Å²) in [6, 6.07) is 4.98. The second-order valence-corrected chi connectivity index (χ2v) is 4.30. The second-order valence-electron chi connectivity index (χ2n) is 4.30. The van der Waals surface area contributed by atoms with Crippen LogP contribution in [0.3, 0.4) is 0 Å². The van der Waals surface area contributed by atoms with Gasteiger partial charge in [0.25, 0.3) is 0 Å². The van der Waals surface area contributed by atoms with Crippen LogP contribution in [0.2, 0.25) is 0 Å². The minimum Gasteiger partial charge on any atom is -0.508 e. The summed E-state index contributed by atoms with van der Waals surface area (Å²) in [6.45, 7) is 3.05. The molecule has 0 aliphatic rings. The Morgan fingerprint density at radius 1 is 1.37 bits per heavy atom. The van der Waals surface area contributed by atoms with Crippen LogP contribution >= 0.6 is 0 Å². The molecule has 1 N–H and O–H groups in total. The molecular formula is C14H17NO4. The smallest absolute Gasteiger partial charge is 0.340 e. The maximum absolute atomic E-state index is 11.9. The van der Waals surface area contributed by atoms with Gasteiger partial charge in [0.2, 0.25) is 0 Å². The fourth-order valence-corrected chi connectivity index (χ4v) is 2.30. The molecule has 1 aromatic heterocycles. The van der Waals surface area contributed by atoms with Crippen LogP contribution in [-0.4, -0.2) is 36.5 Å². The summed E-state index contributed by atoms with van der Waals surface area (Å²) in [5.41, 5.74) is 2.18. The highest BCUT2D eigenvalue weighted by Gasteiger charge is 2.20. The number of aromatic hydroxyl groups is 1. The summed E-state index contributed by atoms with van der Waals surface area (Å²) in [4.78, 5) is 11.9. The average Bonchev–Trinajstić information content (AvgIpc) is 2.67. The van der Waals surface area contributed by atoms with Crippen molar-refractivity contribution in [1.29, 1.82) is 0 Å². The number of esters is 1. The van der Waals surface area contributed by atoms with Crippen LogP contribution in [0, 0.1) is 6.92 Å². The topological polar surface area (TPSA) is 60.7 Å². The number of hydrogen-bond acceptors (Lipinski definition) is 4. The van der Waals surface area contributed by atoms with Crippen LogP contribution in [-0.2, 0) is 16.0 Å². The van der Waals surface area contributed by atoms with Gasteiger partial charge in [0.05, 0.1) is 19.3 Å². The molecule has 0 fully saturated rings. The molecule has 0 spiro atoms. The molecule has 5 nitrogen and oxygen atoms in total. The summed E-state index contributed by atoms with van der Waals surface area (Å²) in [5.74, 6) is -0.272. The zero-order valence-corrected chi connectivity index (χ0v) is 11.3. The molecule has 0 saturated carbocycles. The molecule has 2 rings (SSSR count). The van der Waals surface area contributed by atoms with Crippen molar-refractivity contribution in [3.8, 4) is 5.75 Å². The lowest BCUT2D eigenvalue weighted by Crippen LogP contribution is -2.08. The van der Waals surface area contributed by atoms with Crippen molar-refractivity contribution in [2.75, 3.05) is 20.8 Å². The summed E-state index contributed by atoms with van der Waals surface area (Å²) >= 11 is 0. The number of rotatable bonds is 4. The average molecular weight is 263 g/mol. The van der Waals surface area contributed by atoms with Crippen molar-refractivity contribution in [2.24, 2.45) is 0 Å². The lowest BCUT2D eigenvalue weighted by atomic mass is 10.1. The van der Waals surface area contributed by atoms with Crippen molar-refractivity contribution in [1.82, 2.24) is 4.57 Å². The Balaban J connectivity index is 2.68. The normalized spacial score (nSPS) is 10.9. The minimum atomic E-state index is -0.399. The van der Waals surface area contributed by atoms with Crippen LogP contribution in [0.1, 0.15) is 16.1 Å². The van der Waals surface area contributed by atoms with Gasteiger partial charge < -0.3 is 19.1 Å². The first-order valence-electron chi connectivity index (χ1n) is 5.99. The van der Waals surface area contributed by atoms with Crippen LogP contribution in [0.4, 0.5) is 0 Å². The van der Waals surface area contributed by atoms with Crippen LogP contribution in [0.5, 0.6) is 5.75 Å². The molecule has 0 radical (unpaired) electrons. The Hall–Kier alpha value is -2.01. The Bertz CT molecular complexity index is 615. The van der Waals surface area contributed by atoms with E-state index in [0.717, 1.165) is 11.2 Å². The Morgan fingerprint density at radius 2 is 2.11 bits per heavy atom. The summed E-state index contributed by atoms with van der Waals surface area (Å²) in [7, 11) is 2.98. The van der Waals surface area contributed by atoms with E-state index in [4.69, 9.17) is 9.47 Å². The van der Waals surface area contributed by atoms with Gasteiger partial charge >= 0.3 is 5.97 Å². The first kappa shape index (κ1) is 13.4. The van der Waals surface area contributed by atoms with Gasteiger partial charge in [-0.05, 0) is 25.1 Å². The predicted molar refractivity (Wildman–Crippen MR) is 71.6 cm³/mol. The SMILES string of the molecule is COCCn1c(C)c(C(=O)OC)c2cc(O)ccc21. The second kappa shape index (κ2) is 5.32. The molecule has 0 unspecified atom stereocenters. The lowest BCUT2D eigenvalue weighted by molar-refractivity contribution is 0.0601. The maximum Gasteiger partial charge on any atom is 0.340 e. The highest BCUT2D eigenvalue weighted by atomic mass is 16.5. The number of ether oxygens (including phenoxy) is 2. The molecule has 102 valence electrons. The highest BCUT2D eigenvalue weighted by Crippen LogP contribution is 2.29. The number of benzene rings is 1. The van der Waals surface area contributed by atoms with Crippen molar-refractivity contribution in [3.63, 3.8) is 0 Å². The summed E-state index contributed by atoms with van der Waals surface area (Å²) in [5, 5.41) is 10.3. The first-order valence-corrected chi connectivity index (χ1v) is 5.99. The van der Waals surface area contributed by atoms with E-state index >= 15 is 0 Å². The third-order valence-corrected chi connectivity index (χ3v) is 3.22. The molecule has 0 amide bonds. The van der Waals surface area contributed by atoms with E-state index in [1.807, 2.05) is 11.5 Å². The number of fused-ring (bicyclic) bond motifs is 1. The molecular weight excluding hydrogens is 246 g/mol. The van der Waals surface area contributed by atoms with Crippen LogP contribution < -0.4 is 0 Å². The van der Waals surface area contributed by atoms with Gasteiger partial charge in [-0.25, -0.2) is 4.79 Å². The fourth-order valence-electron chi connectivity index (χ4n) is 2.30. The number of aromatic nitrogens is 1. The number of phenols is 1. The lowest BCUT2D eigenvalue weighted by Gasteiger charge is -2.07. The minimum absolute atomic E-state index is 0.126. The third kappa shape index (κ3) is 2.29. The largest absolute Gasteiger partial charge is 0.508 e. The number of nitrogens with zero attached hydrogens (tertiary/aromatic N) is 1. The third-order valence-electron chi connectivity index (χ3n) is 3.22. The molecule has 1 aromatic carbocycles. The van der Waals surface area contributed by atoms with Gasteiger partial charge in [0, 0.05) is 30.3 Å². The number of hydrogen-bond donors (Lipinski definition) is 1. The maximum atomic E-state index is 11.9. The molecule has 1 heterocycles. The molecule has 0 aliphatic carbocycles.